The molecule has 3 N–H and O–H groups in total. The third-order valence-electron chi connectivity index (χ3n) is 4.57. The van der Waals surface area contributed by atoms with Gasteiger partial charge >= 0.3 is 0 Å². The molecule has 2 aromatic heterocycles. The van der Waals surface area contributed by atoms with E-state index in [2.05, 4.69) is 15.4 Å². The second-order valence-corrected chi connectivity index (χ2v) is 6.33. The Kier molecular flexibility index (Phi) is 3.82. The van der Waals surface area contributed by atoms with Crippen LogP contribution in [0.2, 0.25) is 0 Å². The Balaban J connectivity index is 1.62. The standard InChI is InChI=1S/C18H20N4O2/c23-14-5-1-12(2-6-14)16-11-19-18-10-9-17(21-22(16)18)20-13-3-7-15(24)8-4-13/h1-2,5-6,9-11,13,15,23-24H,3-4,7-8H2,(H,20,21). The van der Waals surface area contributed by atoms with Gasteiger partial charge in [-0.05, 0) is 62.1 Å². The topological polar surface area (TPSA) is 82.7 Å². The van der Waals surface area contributed by atoms with Gasteiger partial charge in [0, 0.05) is 11.6 Å². The molecule has 0 amide bonds. The van der Waals surface area contributed by atoms with Gasteiger partial charge in [-0.2, -0.15) is 0 Å². The maximum atomic E-state index is 9.61. The van der Waals surface area contributed by atoms with E-state index in [9.17, 15) is 10.2 Å². The lowest BCUT2D eigenvalue weighted by atomic mass is 9.93. The van der Waals surface area contributed by atoms with Crippen molar-refractivity contribution in [2.24, 2.45) is 0 Å². The molecule has 1 saturated carbocycles. The molecule has 0 spiro atoms. The third kappa shape index (κ3) is 2.92. The molecule has 0 unspecified atom stereocenters. The van der Waals surface area contributed by atoms with E-state index in [0.29, 0.717) is 6.04 Å². The van der Waals surface area contributed by atoms with E-state index in [1.165, 1.54) is 0 Å². The Bertz CT molecular complexity index is 836. The van der Waals surface area contributed by atoms with Crippen molar-refractivity contribution in [3.8, 4) is 17.0 Å². The minimum Gasteiger partial charge on any atom is -0.508 e. The summed E-state index contributed by atoms with van der Waals surface area (Å²) in [5.74, 6) is 1.05. The number of aromatic nitrogens is 3. The van der Waals surface area contributed by atoms with Crippen LogP contribution in [0.3, 0.4) is 0 Å². The summed E-state index contributed by atoms with van der Waals surface area (Å²) >= 11 is 0. The van der Waals surface area contributed by atoms with E-state index < -0.39 is 0 Å². The van der Waals surface area contributed by atoms with Crippen molar-refractivity contribution < 1.29 is 10.2 Å². The van der Waals surface area contributed by atoms with E-state index in [4.69, 9.17) is 0 Å². The van der Waals surface area contributed by atoms with Gasteiger partial charge in [-0.3, -0.25) is 0 Å². The molecule has 0 bridgehead atoms. The highest BCUT2D eigenvalue weighted by atomic mass is 16.3. The van der Waals surface area contributed by atoms with E-state index in [1.54, 1.807) is 18.3 Å². The Morgan fingerprint density at radius 2 is 1.75 bits per heavy atom. The number of anilines is 1. The molecular formula is C18H20N4O2. The fraction of sp³-hybridized carbons (Fsp3) is 0.333. The average Bonchev–Trinajstić information content (AvgIpc) is 3.01. The summed E-state index contributed by atoms with van der Waals surface area (Å²) in [5, 5.41) is 27.2. The quantitative estimate of drug-likeness (QED) is 0.690. The lowest BCUT2D eigenvalue weighted by Gasteiger charge is -2.26. The Morgan fingerprint density at radius 1 is 1.00 bits per heavy atom. The first-order valence-electron chi connectivity index (χ1n) is 8.28. The number of aliphatic hydroxyl groups excluding tert-OH is 1. The number of benzene rings is 1. The number of nitrogens with zero attached hydrogens (tertiary/aromatic N) is 3. The van der Waals surface area contributed by atoms with Crippen LogP contribution in [0, 0.1) is 0 Å². The zero-order valence-electron chi connectivity index (χ0n) is 13.3. The van der Waals surface area contributed by atoms with Crippen LogP contribution in [0.1, 0.15) is 25.7 Å². The summed E-state index contributed by atoms with van der Waals surface area (Å²) in [5.41, 5.74) is 2.61. The maximum absolute atomic E-state index is 9.61. The van der Waals surface area contributed by atoms with Gasteiger partial charge in [0.05, 0.1) is 18.0 Å². The number of aromatic hydroxyl groups is 1. The van der Waals surface area contributed by atoms with Crippen LogP contribution in [0.5, 0.6) is 5.75 Å². The molecule has 1 aliphatic carbocycles. The van der Waals surface area contributed by atoms with Gasteiger partial charge in [-0.15, -0.1) is 5.10 Å². The van der Waals surface area contributed by atoms with Gasteiger partial charge in [-0.1, -0.05) is 0 Å². The minimum absolute atomic E-state index is 0.159. The van der Waals surface area contributed by atoms with Crippen molar-refractivity contribution in [1.29, 1.82) is 0 Å². The zero-order chi connectivity index (χ0) is 16.5. The molecule has 1 fully saturated rings. The van der Waals surface area contributed by atoms with Crippen LogP contribution in [-0.2, 0) is 0 Å². The van der Waals surface area contributed by atoms with Gasteiger partial charge in [0.25, 0.3) is 0 Å². The molecule has 0 radical (unpaired) electrons. The number of nitrogens with one attached hydrogen (secondary N) is 1. The minimum atomic E-state index is -0.159. The lowest BCUT2D eigenvalue weighted by molar-refractivity contribution is 0.126. The first-order chi connectivity index (χ1) is 11.7. The fourth-order valence-corrected chi connectivity index (χ4v) is 3.21. The largest absolute Gasteiger partial charge is 0.508 e. The first kappa shape index (κ1) is 15.0. The van der Waals surface area contributed by atoms with Crippen molar-refractivity contribution in [3.05, 3.63) is 42.6 Å². The smallest absolute Gasteiger partial charge is 0.154 e. The van der Waals surface area contributed by atoms with Crippen LogP contribution in [-0.4, -0.2) is 37.0 Å². The van der Waals surface area contributed by atoms with Crippen LogP contribution in [0.25, 0.3) is 16.9 Å². The number of hydrogen-bond donors (Lipinski definition) is 3. The molecule has 24 heavy (non-hydrogen) atoms. The molecular weight excluding hydrogens is 304 g/mol. The molecule has 1 aromatic carbocycles. The molecule has 0 aliphatic heterocycles. The number of aliphatic hydroxyl groups is 1. The zero-order valence-corrected chi connectivity index (χ0v) is 13.3. The average molecular weight is 324 g/mol. The molecule has 6 heteroatoms. The van der Waals surface area contributed by atoms with Crippen LogP contribution >= 0.6 is 0 Å². The van der Waals surface area contributed by atoms with E-state index >= 15 is 0 Å². The summed E-state index contributed by atoms with van der Waals surface area (Å²) in [6.07, 6.45) is 5.21. The normalized spacial score (nSPS) is 21.0. The van der Waals surface area contributed by atoms with Gasteiger partial charge < -0.3 is 15.5 Å². The molecule has 0 atom stereocenters. The molecule has 3 aromatic rings. The second-order valence-electron chi connectivity index (χ2n) is 6.33. The van der Waals surface area contributed by atoms with Crippen molar-refractivity contribution in [1.82, 2.24) is 14.6 Å². The fourth-order valence-electron chi connectivity index (χ4n) is 3.21. The van der Waals surface area contributed by atoms with Gasteiger partial charge in [-0.25, -0.2) is 9.50 Å². The highest BCUT2D eigenvalue weighted by Gasteiger charge is 2.19. The summed E-state index contributed by atoms with van der Waals surface area (Å²) < 4.78 is 1.81. The number of imidazole rings is 1. The Labute approximate surface area is 139 Å². The van der Waals surface area contributed by atoms with Crippen molar-refractivity contribution in [3.63, 3.8) is 0 Å². The summed E-state index contributed by atoms with van der Waals surface area (Å²) in [4.78, 5) is 4.39. The van der Waals surface area contributed by atoms with Crippen LogP contribution < -0.4 is 5.32 Å². The van der Waals surface area contributed by atoms with E-state index in [-0.39, 0.29) is 11.9 Å². The summed E-state index contributed by atoms with van der Waals surface area (Å²) in [7, 11) is 0. The van der Waals surface area contributed by atoms with Crippen LogP contribution in [0.15, 0.2) is 42.6 Å². The van der Waals surface area contributed by atoms with Gasteiger partial charge in [0.2, 0.25) is 0 Å². The number of rotatable bonds is 3. The molecule has 4 rings (SSSR count). The Morgan fingerprint density at radius 3 is 2.50 bits per heavy atom. The number of fused-ring (bicyclic) bond motifs is 1. The molecule has 124 valence electrons. The highest BCUT2D eigenvalue weighted by Crippen LogP contribution is 2.24. The lowest BCUT2D eigenvalue weighted by Crippen LogP contribution is -2.28. The third-order valence-corrected chi connectivity index (χ3v) is 4.57. The van der Waals surface area contributed by atoms with Crippen LogP contribution in [0.4, 0.5) is 5.82 Å². The number of hydrogen-bond acceptors (Lipinski definition) is 5. The van der Waals surface area contributed by atoms with E-state index in [0.717, 1.165) is 48.4 Å². The Hall–Kier alpha value is -2.60. The van der Waals surface area contributed by atoms with Gasteiger partial charge in [0.1, 0.15) is 11.6 Å². The molecule has 1 aliphatic rings. The predicted octanol–water partition coefficient (Wildman–Crippen LogP) is 2.82. The number of phenols is 1. The first-order valence-corrected chi connectivity index (χ1v) is 8.28. The second kappa shape index (κ2) is 6.13. The number of phenolic OH excluding ortho intramolecular Hbond substituents is 1. The predicted molar refractivity (Wildman–Crippen MR) is 92.0 cm³/mol. The van der Waals surface area contributed by atoms with Gasteiger partial charge in [0.15, 0.2) is 5.65 Å². The van der Waals surface area contributed by atoms with E-state index in [1.807, 2.05) is 28.8 Å². The SMILES string of the molecule is Oc1ccc(-c2cnc3ccc(NC4CCC(O)CC4)nn23)cc1. The highest BCUT2D eigenvalue weighted by molar-refractivity contribution is 5.64. The summed E-state index contributed by atoms with van der Waals surface area (Å²) in [6, 6.07) is 11.2. The monoisotopic (exact) mass is 324 g/mol. The summed E-state index contributed by atoms with van der Waals surface area (Å²) in [6.45, 7) is 0. The maximum Gasteiger partial charge on any atom is 0.154 e. The molecule has 0 saturated heterocycles. The van der Waals surface area contributed by atoms with Crippen molar-refractivity contribution in [2.45, 2.75) is 37.8 Å². The van der Waals surface area contributed by atoms with Crippen molar-refractivity contribution >= 4 is 11.5 Å². The van der Waals surface area contributed by atoms with Crippen molar-refractivity contribution in [2.75, 3.05) is 5.32 Å². The molecule has 2 heterocycles. The molecule has 6 nitrogen and oxygen atoms in total.